The Morgan fingerprint density at radius 2 is 2.25 bits per heavy atom. The fourth-order valence-electron chi connectivity index (χ4n) is 1.92. The number of carbonyl (C=O) groups excluding carboxylic acids is 1. The number of benzene rings is 1. The number of amides is 1. The molecule has 1 N–H and O–H groups in total. The van der Waals surface area contributed by atoms with Gasteiger partial charge >= 0.3 is 0 Å². The summed E-state index contributed by atoms with van der Waals surface area (Å²) in [6.07, 6.45) is 1.17. The van der Waals surface area contributed by atoms with Crippen molar-refractivity contribution in [3.63, 3.8) is 0 Å². The van der Waals surface area contributed by atoms with E-state index in [0.29, 0.717) is 18.9 Å². The number of nitriles is 1. The fourth-order valence-corrected chi connectivity index (χ4v) is 1.92. The molecule has 0 aromatic heterocycles. The molecule has 0 aliphatic carbocycles. The van der Waals surface area contributed by atoms with E-state index < -0.39 is 11.7 Å². The molecule has 6 heteroatoms. The molecule has 0 radical (unpaired) electrons. The molecule has 0 spiro atoms. The number of halogens is 1. The van der Waals surface area contributed by atoms with Crippen LogP contribution in [0.5, 0.6) is 5.75 Å². The van der Waals surface area contributed by atoms with Gasteiger partial charge in [-0.25, -0.2) is 4.39 Å². The highest BCUT2D eigenvalue weighted by Gasteiger charge is 2.17. The number of nitrogens with one attached hydrogen (secondary N) is 1. The Hall–Kier alpha value is -2.13. The Morgan fingerprint density at radius 1 is 1.50 bits per heavy atom. The van der Waals surface area contributed by atoms with Crippen molar-refractivity contribution in [2.75, 3.05) is 18.5 Å². The van der Waals surface area contributed by atoms with Crippen molar-refractivity contribution in [1.29, 1.82) is 5.26 Å². The Labute approximate surface area is 116 Å². The highest BCUT2D eigenvalue weighted by Crippen LogP contribution is 2.24. The van der Waals surface area contributed by atoms with Crippen LogP contribution in [0.1, 0.15) is 19.3 Å². The number of anilines is 1. The van der Waals surface area contributed by atoms with Crippen LogP contribution in [0.4, 0.5) is 10.1 Å². The van der Waals surface area contributed by atoms with Gasteiger partial charge in [-0.1, -0.05) is 0 Å². The molecule has 0 bridgehead atoms. The second-order valence-electron chi connectivity index (χ2n) is 4.46. The second kappa shape index (κ2) is 6.87. The van der Waals surface area contributed by atoms with Gasteiger partial charge in [0.1, 0.15) is 12.5 Å². The lowest BCUT2D eigenvalue weighted by atomic mass is 10.1. The Bertz CT molecular complexity index is 522. The molecule has 1 aromatic carbocycles. The molecular formula is C14H15FN2O3. The van der Waals surface area contributed by atoms with Gasteiger partial charge in [0.2, 0.25) is 5.91 Å². The summed E-state index contributed by atoms with van der Waals surface area (Å²) in [5.74, 6) is -0.841. The smallest absolute Gasteiger partial charge is 0.238 e. The largest absolute Gasteiger partial charge is 0.487 e. The molecule has 2 rings (SSSR count). The summed E-state index contributed by atoms with van der Waals surface area (Å²) in [5.41, 5.74) is 0.307. The predicted molar refractivity (Wildman–Crippen MR) is 69.7 cm³/mol. The average Bonchev–Trinajstić information content (AvgIpc) is 2.43. The zero-order chi connectivity index (χ0) is 14.4. The Kier molecular flexibility index (Phi) is 4.91. The van der Waals surface area contributed by atoms with Crippen LogP contribution in [-0.2, 0) is 9.53 Å². The standard InChI is InChI=1S/C14H15FN2O3/c15-12-9-10(17-14(18)3-6-16)1-2-13(12)20-11-4-7-19-8-5-11/h1-2,9,11H,3-5,7-8H2,(H,17,18). The molecular weight excluding hydrogens is 263 g/mol. The molecule has 1 aliphatic heterocycles. The minimum absolute atomic E-state index is 0.0442. The van der Waals surface area contributed by atoms with E-state index in [2.05, 4.69) is 5.32 Å². The van der Waals surface area contributed by atoms with E-state index in [9.17, 15) is 9.18 Å². The number of hydrogen-bond donors (Lipinski definition) is 1. The van der Waals surface area contributed by atoms with Gasteiger partial charge in [-0.05, 0) is 12.1 Å². The highest BCUT2D eigenvalue weighted by molar-refractivity contribution is 5.92. The summed E-state index contributed by atoms with van der Waals surface area (Å²) >= 11 is 0. The van der Waals surface area contributed by atoms with Gasteiger partial charge in [0.05, 0.1) is 19.3 Å². The van der Waals surface area contributed by atoms with Gasteiger partial charge in [-0.3, -0.25) is 4.79 Å². The van der Waals surface area contributed by atoms with Gasteiger partial charge in [0.15, 0.2) is 11.6 Å². The molecule has 106 valence electrons. The molecule has 1 aromatic rings. The molecule has 1 heterocycles. The summed E-state index contributed by atoms with van der Waals surface area (Å²) in [6.45, 7) is 1.24. The number of rotatable bonds is 4. The van der Waals surface area contributed by atoms with Crippen LogP contribution < -0.4 is 10.1 Å². The van der Waals surface area contributed by atoms with Crippen LogP contribution in [0.15, 0.2) is 18.2 Å². The molecule has 1 amide bonds. The fraction of sp³-hybridized carbons (Fsp3) is 0.429. The first kappa shape index (κ1) is 14.3. The first-order valence-electron chi connectivity index (χ1n) is 6.40. The van der Waals surface area contributed by atoms with E-state index >= 15 is 0 Å². The van der Waals surface area contributed by atoms with E-state index in [-0.39, 0.29) is 18.3 Å². The summed E-state index contributed by atoms with van der Waals surface area (Å²) < 4.78 is 24.6. The maximum atomic E-state index is 13.9. The highest BCUT2D eigenvalue weighted by atomic mass is 19.1. The van der Waals surface area contributed by atoms with Crippen molar-refractivity contribution < 1.29 is 18.7 Å². The summed E-state index contributed by atoms with van der Waals surface area (Å²) in [4.78, 5) is 11.2. The van der Waals surface area contributed by atoms with Crippen molar-refractivity contribution in [2.24, 2.45) is 0 Å². The third-order valence-corrected chi connectivity index (χ3v) is 2.92. The molecule has 0 unspecified atom stereocenters. The molecule has 20 heavy (non-hydrogen) atoms. The van der Waals surface area contributed by atoms with Crippen molar-refractivity contribution in [2.45, 2.75) is 25.4 Å². The van der Waals surface area contributed by atoms with E-state index in [1.807, 2.05) is 0 Å². The van der Waals surface area contributed by atoms with Crippen LogP contribution in [-0.4, -0.2) is 25.2 Å². The molecule has 0 atom stereocenters. The quantitative estimate of drug-likeness (QED) is 0.916. The molecule has 5 nitrogen and oxygen atoms in total. The van der Waals surface area contributed by atoms with Gasteiger partial charge in [0.25, 0.3) is 0 Å². The number of hydrogen-bond acceptors (Lipinski definition) is 4. The normalized spacial score (nSPS) is 15.4. The first-order chi connectivity index (χ1) is 9.69. The monoisotopic (exact) mass is 278 g/mol. The maximum absolute atomic E-state index is 13.9. The van der Waals surface area contributed by atoms with E-state index in [1.54, 1.807) is 12.1 Å². The molecule has 1 fully saturated rings. The average molecular weight is 278 g/mol. The minimum Gasteiger partial charge on any atom is -0.487 e. The molecule has 0 saturated carbocycles. The zero-order valence-corrected chi connectivity index (χ0v) is 10.9. The topological polar surface area (TPSA) is 71.4 Å². The zero-order valence-electron chi connectivity index (χ0n) is 10.9. The van der Waals surface area contributed by atoms with Crippen LogP contribution >= 0.6 is 0 Å². The van der Waals surface area contributed by atoms with Crippen molar-refractivity contribution in [3.8, 4) is 11.8 Å². The Balaban J connectivity index is 1.98. The number of carbonyl (C=O) groups is 1. The lowest BCUT2D eigenvalue weighted by Gasteiger charge is -2.23. The maximum Gasteiger partial charge on any atom is 0.238 e. The van der Waals surface area contributed by atoms with Crippen molar-refractivity contribution in [1.82, 2.24) is 0 Å². The van der Waals surface area contributed by atoms with Gasteiger partial charge in [0, 0.05) is 24.6 Å². The second-order valence-corrected chi connectivity index (χ2v) is 4.46. The number of nitrogens with zero attached hydrogens (tertiary/aromatic N) is 1. The van der Waals surface area contributed by atoms with Crippen LogP contribution in [0.3, 0.4) is 0 Å². The lowest BCUT2D eigenvalue weighted by Crippen LogP contribution is -2.26. The van der Waals surface area contributed by atoms with Gasteiger partial charge < -0.3 is 14.8 Å². The molecule has 1 saturated heterocycles. The summed E-state index contributed by atoms with van der Waals surface area (Å²) in [6, 6.07) is 5.94. The van der Waals surface area contributed by atoms with E-state index in [0.717, 1.165) is 12.8 Å². The minimum atomic E-state index is -0.536. The van der Waals surface area contributed by atoms with Crippen LogP contribution in [0.2, 0.25) is 0 Å². The van der Waals surface area contributed by atoms with E-state index in [1.165, 1.54) is 12.1 Å². The van der Waals surface area contributed by atoms with Crippen molar-refractivity contribution >= 4 is 11.6 Å². The third-order valence-electron chi connectivity index (χ3n) is 2.92. The van der Waals surface area contributed by atoms with Gasteiger partial charge in [-0.2, -0.15) is 5.26 Å². The van der Waals surface area contributed by atoms with Gasteiger partial charge in [-0.15, -0.1) is 0 Å². The number of ether oxygens (including phenoxy) is 2. The first-order valence-corrected chi connectivity index (χ1v) is 6.40. The summed E-state index contributed by atoms with van der Waals surface area (Å²) in [7, 11) is 0. The Morgan fingerprint density at radius 3 is 2.90 bits per heavy atom. The van der Waals surface area contributed by atoms with Crippen LogP contribution in [0, 0.1) is 17.1 Å². The predicted octanol–water partition coefficient (Wildman–Crippen LogP) is 2.24. The molecule has 1 aliphatic rings. The van der Waals surface area contributed by atoms with E-state index in [4.69, 9.17) is 14.7 Å². The lowest BCUT2D eigenvalue weighted by molar-refractivity contribution is -0.115. The summed E-state index contributed by atoms with van der Waals surface area (Å²) in [5, 5.41) is 10.8. The third kappa shape index (κ3) is 3.93. The van der Waals surface area contributed by atoms with Crippen LogP contribution in [0.25, 0.3) is 0 Å². The SMILES string of the molecule is N#CCC(=O)Nc1ccc(OC2CCOCC2)c(F)c1. The van der Waals surface area contributed by atoms with Crippen molar-refractivity contribution in [3.05, 3.63) is 24.0 Å².